The first-order valence-corrected chi connectivity index (χ1v) is 8.83. The molecule has 3 nitrogen and oxygen atoms in total. The summed E-state index contributed by atoms with van der Waals surface area (Å²) in [7, 11) is 1.68. The predicted molar refractivity (Wildman–Crippen MR) is 93.2 cm³/mol. The van der Waals surface area contributed by atoms with Gasteiger partial charge in [-0.2, -0.15) is 0 Å². The van der Waals surface area contributed by atoms with E-state index in [1.807, 2.05) is 6.07 Å². The van der Waals surface area contributed by atoms with Crippen LogP contribution in [0.5, 0.6) is 5.75 Å². The maximum Gasteiger partial charge on any atom is 0.133 e. The highest BCUT2D eigenvalue weighted by Gasteiger charge is 2.12. The molecule has 0 fully saturated rings. The van der Waals surface area contributed by atoms with E-state index >= 15 is 0 Å². The topological polar surface area (TPSA) is 34.1 Å². The lowest BCUT2D eigenvalue weighted by molar-refractivity contribution is 0.412. The molecule has 1 aromatic heterocycles. The third-order valence-electron chi connectivity index (χ3n) is 3.22. The maximum absolute atomic E-state index is 5.28. The molecule has 0 aliphatic rings. The van der Waals surface area contributed by atoms with Crippen molar-refractivity contribution in [3.63, 3.8) is 0 Å². The van der Waals surface area contributed by atoms with Crippen LogP contribution in [0, 0.1) is 0 Å². The molecular weight excluding hydrogens is 348 g/mol. The van der Waals surface area contributed by atoms with Crippen LogP contribution in [0.4, 0.5) is 0 Å². The van der Waals surface area contributed by atoms with Gasteiger partial charge in [-0.15, -0.1) is 11.3 Å². The number of hydrogen-bond donors (Lipinski definition) is 1. The number of thiazole rings is 1. The second-order valence-corrected chi connectivity index (χ2v) is 6.71. The summed E-state index contributed by atoms with van der Waals surface area (Å²) < 4.78 is 6.24. The first-order valence-electron chi connectivity index (χ1n) is 7.22. The van der Waals surface area contributed by atoms with Crippen LogP contribution in [0.1, 0.15) is 30.8 Å². The van der Waals surface area contributed by atoms with Crippen molar-refractivity contribution in [1.29, 1.82) is 0 Å². The van der Waals surface area contributed by atoms with E-state index in [9.17, 15) is 0 Å². The molecule has 0 saturated heterocycles. The zero-order valence-corrected chi connectivity index (χ0v) is 15.1. The fourth-order valence-electron chi connectivity index (χ4n) is 2.10. The van der Waals surface area contributed by atoms with Crippen molar-refractivity contribution < 1.29 is 4.74 Å². The summed E-state index contributed by atoms with van der Waals surface area (Å²) in [4.78, 5) is 6.13. The Morgan fingerprint density at radius 2 is 2.14 bits per heavy atom. The summed E-state index contributed by atoms with van der Waals surface area (Å²) in [5.74, 6) is 0.843. The van der Waals surface area contributed by atoms with Gasteiger partial charge in [0.2, 0.25) is 0 Å². The summed E-state index contributed by atoms with van der Waals surface area (Å²) in [6.45, 7) is 6.29. The molecule has 0 unspecified atom stereocenters. The Kier molecular flexibility index (Phi) is 6.21. The fourth-order valence-corrected chi connectivity index (χ4v) is 3.76. The lowest BCUT2D eigenvalue weighted by Crippen LogP contribution is -2.13. The molecule has 21 heavy (non-hydrogen) atoms. The Hall–Kier alpha value is -0.910. The van der Waals surface area contributed by atoms with Crippen LogP contribution in [-0.4, -0.2) is 18.6 Å². The van der Waals surface area contributed by atoms with Crippen LogP contribution >= 0.6 is 27.3 Å². The standard InChI is InChI=1S/C16H21BrN2OS/c1-4-8-18-10-15-13(5-2)19-16(21-15)11-6-7-14(20-3)12(17)9-11/h6-7,9,18H,4-5,8,10H2,1-3H3. The molecule has 0 saturated carbocycles. The minimum Gasteiger partial charge on any atom is -0.496 e. The molecule has 114 valence electrons. The molecular formula is C16H21BrN2OS. The second-order valence-electron chi connectivity index (χ2n) is 4.77. The molecule has 5 heteroatoms. The molecule has 0 aliphatic carbocycles. The molecule has 0 spiro atoms. The highest BCUT2D eigenvalue weighted by Crippen LogP contribution is 2.33. The van der Waals surface area contributed by atoms with Crippen LogP contribution in [0.25, 0.3) is 10.6 Å². The number of nitrogens with one attached hydrogen (secondary N) is 1. The van der Waals surface area contributed by atoms with Gasteiger partial charge in [0.05, 0.1) is 17.3 Å². The normalized spacial score (nSPS) is 10.9. The molecule has 0 radical (unpaired) electrons. The van der Waals surface area contributed by atoms with Gasteiger partial charge in [-0.3, -0.25) is 0 Å². The van der Waals surface area contributed by atoms with Gasteiger partial charge >= 0.3 is 0 Å². The Morgan fingerprint density at radius 1 is 1.33 bits per heavy atom. The maximum atomic E-state index is 5.28. The minimum atomic E-state index is 0.843. The lowest BCUT2D eigenvalue weighted by Gasteiger charge is -2.04. The van der Waals surface area contributed by atoms with E-state index in [2.05, 4.69) is 47.2 Å². The Labute approximate surface area is 138 Å². The van der Waals surface area contributed by atoms with Crippen LogP contribution in [0.3, 0.4) is 0 Å². The van der Waals surface area contributed by atoms with E-state index in [0.29, 0.717) is 0 Å². The predicted octanol–water partition coefficient (Wildman–Crippen LogP) is 4.64. The number of aromatic nitrogens is 1. The van der Waals surface area contributed by atoms with E-state index in [0.717, 1.165) is 46.7 Å². The van der Waals surface area contributed by atoms with Gasteiger partial charge in [0.1, 0.15) is 10.8 Å². The smallest absolute Gasteiger partial charge is 0.133 e. The number of aryl methyl sites for hydroxylation is 1. The molecule has 1 aromatic carbocycles. The number of hydrogen-bond acceptors (Lipinski definition) is 4. The molecule has 0 atom stereocenters. The van der Waals surface area contributed by atoms with Gasteiger partial charge in [-0.1, -0.05) is 13.8 Å². The Morgan fingerprint density at radius 3 is 2.76 bits per heavy atom. The number of ether oxygens (including phenoxy) is 1. The van der Waals surface area contributed by atoms with Crippen molar-refractivity contribution in [2.45, 2.75) is 33.2 Å². The van der Waals surface area contributed by atoms with Gasteiger partial charge in [-0.25, -0.2) is 4.98 Å². The molecule has 0 bridgehead atoms. The molecule has 2 rings (SSSR count). The quantitative estimate of drug-likeness (QED) is 0.722. The van der Waals surface area contributed by atoms with E-state index in [1.54, 1.807) is 18.4 Å². The first-order chi connectivity index (χ1) is 10.2. The number of nitrogens with zero attached hydrogens (tertiary/aromatic N) is 1. The van der Waals surface area contributed by atoms with E-state index in [4.69, 9.17) is 9.72 Å². The zero-order chi connectivity index (χ0) is 15.2. The summed E-state index contributed by atoms with van der Waals surface area (Å²) in [6, 6.07) is 6.10. The number of halogens is 1. The van der Waals surface area contributed by atoms with Crippen molar-refractivity contribution in [3.05, 3.63) is 33.2 Å². The first kappa shape index (κ1) is 16.5. The fraction of sp³-hybridized carbons (Fsp3) is 0.438. The number of benzene rings is 1. The van der Waals surface area contributed by atoms with Gasteiger partial charge in [0, 0.05) is 17.0 Å². The number of rotatable bonds is 7. The SMILES string of the molecule is CCCNCc1sc(-c2ccc(OC)c(Br)c2)nc1CC. The molecule has 1 N–H and O–H groups in total. The van der Waals surface area contributed by atoms with E-state index in [1.165, 1.54) is 10.6 Å². The Bertz CT molecular complexity index is 598. The van der Waals surface area contributed by atoms with Crippen LogP contribution in [0.2, 0.25) is 0 Å². The van der Waals surface area contributed by atoms with Crippen molar-refractivity contribution >= 4 is 27.3 Å². The van der Waals surface area contributed by atoms with Gasteiger partial charge in [0.25, 0.3) is 0 Å². The van der Waals surface area contributed by atoms with Gasteiger partial charge in [0.15, 0.2) is 0 Å². The molecule has 2 aromatic rings. The Balaban J connectivity index is 2.25. The van der Waals surface area contributed by atoms with Crippen molar-refractivity contribution in [3.8, 4) is 16.3 Å². The highest BCUT2D eigenvalue weighted by molar-refractivity contribution is 9.10. The average Bonchev–Trinajstić information content (AvgIpc) is 2.90. The second kappa shape index (κ2) is 7.92. The van der Waals surface area contributed by atoms with Crippen LogP contribution in [-0.2, 0) is 13.0 Å². The largest absolute Gasteiger partial charge is 0.496 e. The average molecular weight is 369 g/mol. The van der Waals surface area contributed by atoms with Gasteiger partial charge in [-0.05, 0) is 53.5 Å². The molecule has 0 aliphatic heterocycles. The van der Waals surface area contributed by atoms with E-state index in [-0.39, 0.29) is 0 Å². The minimum absolute atomic E-state index is 0.843. The highest BCUT2D eigenvalue weighted by atomic mass is 79.9. The van der Waals surface area contributed by atoms with Crippen LogP contribution in [0.15, 0.2) is 22.7 Å². The third-order valence-corrected chi connectivity index (χ3v) is 4.99. The third kappa shape index (κ3) is 4.05. The van der Waals surface area contributed by atoms with E-state index < -0.39 is 0 Å². The molecule has 1 heterocycles. The van der Waals surface area contributed by atoms with Crippen LogP contribution < -0.4 is 10.1 Å². The monoisotopic (exact) mass is 368 g/mol. The van der Waals surface area contributed by atoms with Crippen molar-refractivity contribution in [2.24, 2.45) is 0 Å². The van der Waals surface area contributed by atoms with Gasteiger partial charge < -0.3 is 10.1 Å². The summed E-state index contributed by atoms with van der Waals surface area (Å²) >= 11 is 5.31. The summed E-state index contributed by atoms with van der Waals surface area (Å²) in [5, 5.41) is 4.53. The zero-order valence-electron chi connectivity index (χ0n) is 12.7. The summed E-state index contributed by atoms with van der Waals surface area (Å²) in [5.41, 5.74) is 2.33. The molecule has 0 amide bonds. The van der Waals surface area contributed by atoms with Crippen molar-refractivity contribution in [1.82, 2.24) is 10.3 Å². The van der Waals surface area contributed by atoms with Crippen molar-refractivity contribution in [2.75, 3.05) is 13.7 Å². The number of methoxy groups -OCH3 is 1. The lowest BCUT2D eigenvalue weighted by atomic mass is 10.2. The summed E-state index contributed by atoms with van der Waals surface area (Å²) in [6.07, 6.45) is 2.12.